The van der Waals surface area contributed by atoms with Gasteiger partial charge in [-0.3, -0.25) is 4.79 Å². The van der Waals surface area contributed by atoms with Crippen molar-refractivity contribution in [3.8, 4) is 0 Å². The zero-order valence-electron chi connectivity index (χ0n) is 49.5. The molecule has 9 heteroatoms. The number of ether oxygens (including phenoxy) is 2. The molecule has 1 fully saturated rings. The molecular weight excluding hydrogens is 947 g/mol. The molecule has 0 aromatic rings. The van der Waals surface area contributed by atoms with Crippen LogP contribution in [-0.2, 0) is 14.3 Å². The fourth-order valence-corrected chi connectivity index (χ4v) is 10.2. The molecule has 1 aliphatic heterocycles. The van der Waals surface area contributed by atoms with Crippen molar-refractivity contribution in [1.29, 1.82) is 0 Å². The summed E-state index contributed by atoms with van der Waals surface area (Å²) in [6.45, 7) is 3.77. The summed E-state index contributed by atoms with van der Waals surface area (Å²) < 4.78 is 11.3. The average molecular weight is 1070 g/mol. The van der Waals surface area contributed by atoms with Gasteiger partial charge in [0.25, 0.3) is 0 Å². The molecule has 0 aromatic heterocycles. The number of nitrogens with one attached hydrogen (secondary N) is 1. The van der Waals surface area contributed by atoms with Crippen molar-refractivity contribution in [3.63, 3.8) is 0 Å². The van der Waals surface area contributed by atoms with E-state index in [-0.39, 0.29) is 12.5 Å². The highest BCUT2D eigenvalue weighted by atomic mass is 16.7. The van der Waals surface area contributed by atoms with Crippen molar-refractivity contribution < 1.29 is 39.8 Å². The van der Waals surface area contributed by atoms with E-state index >= 15 is 0 Å². The van der Waals surface area contributed by atoms with Crippen LogP contribution in [0.25, 0.3) is 0 Å². The lowest BCUT2D eigenvalue weighted by Gasteiger charge is -2.40. The summed E-state index contributed by atoms with van der Waals surface area (Å²) in [6.07, 6.45) is 70.4. The maximum absolute atomic E-state index is 13.1. The molecule has 444 valence electrons. The lowest BCUT2D eigenvalue weighted by molar-refractivity contribution is -0.302. The zero-order chi connectivity index (χ0) is 55.0. The van der Waals surface area contributed by atoms with Crippen LogP contribution in [0.3, 0.4) is 0 Å². The summed E-state index contributed by atoms with van der Waals surface area (Å²) >= 11 is 0. The van der Waals surface area contributed by atoms with E-state index in [1.165, 1.54) is 231 Å². The predicted octanol–water partition coefficient (Wildman–Crippen LogP) is 17.0. The van der Waals surface area contributed by atoms with E-state index in [4.69, 9.17) is 9.47 Å². The lowest BCUT2D eigenvalue weighted by Crippen LogP contribution is -2.60. The number of carbonyl (C=O) groups is 1. The summed E-state index contributed by atoms with van der Waals surface area (Å²) in [7, 11) is 0. The first-order chi connectivity index (χ1) is 37.3. The van der Waals surface area contributed by atoms with E-state index < -0.39 is 49.5 Å². The smallest absolute Gasteiger partial charge is 0.220 e. The van der Waals surface area contributed by atoms with E-state index in [0.29, 0.717) is 6.42 Å². The second kappa shape index (κ2) is 56.2. The highest BCUT2D eigenvalue weighted by Crippen LogP contribution is 2.23. The molecule has 76 heavy (non-hydrogen) atoms. The standard InChI is InChI=1S/C67H123NO8/c1-3-5-7-9-11-13-15-17-19-21-22-23-24-25-26-27-28-29-30-31-32-33-34-35-36-37-38-39-40-41-43-45-47-49-51-53-55-57-63(71)68-60(59-75-67-66(74)65(73)64(72)62(58-69)76-67)61(70)56-54-52-50-48-46-44-42-20-18-16-14-12-10-8-6-4-2/h15,17,21-22,24-25,46,48,54,56,60-62,64-67,69-70,72-74H,3-14,16,18-20,23,26-45,47,49-53,55,57-59H2,1-2H3,(H,68,71)/b17-15-,22-21-,25-24-,48-46+,56-54+. The Bertz CT molecular complexity index is 1380. The van der Waals surface area contributed by atoms with E-state index in [2.05, 4.69) is 67.8 Å². The van der Waals surface area contributed by atoms with Gasteiger partial charge in [-0.25, -0.2) is 0 Å². The predicted molar refractivity (Wildman–Crippen MR) is 322 cm³/mol. The monoisotopic (exact) mass is 1070 g/mol. The van der Waals surface area contributed by atoms with E-state index in [1.807, 2.05) is 6.08 Å². The number of allylic oxidation sites excluding steroid dienone is 9. The topological polar surface area (TPSA) is 149 Å². The van der Waals surface area contributed by atoms with Crippen molar-refractivity contribution in [2.24, 2.45) is 0 Å². The number of hydrogen-bond donors (Lipinski definition) is 6. The SMILES string of the molecule is CCCCCCC/C=C\C/C=C\C/C=C\CCCCCCCCCCCCCCCCCCCCCCCCC(=O)NC(COC1OC(CO)C(O)C(O)C1O)C(O)/C=C/CC/C=C/CCCCCCCCCCCC. The molecule has 6 N–H and O–H groups in total. The summed E-state index contributed by atoms with van der Waals surface area (Å²) in [5.74, 6) is -0.183. The van der Waals surface area contributed by atoms with Crippen LogP contribution in [0.4, 0.5) is 0 Å². The number of rotatable bonds is 56. The summed E-state index contributed by atoms with van der Waals surface area (Å²) in [5, 5.41) is 54.5. The van der Waals surface area contributed by atoms with Crippen molar-refractivity contribution in [2.45, 2.75) is 346 Å². The first kappa shape index (κ1) is 71.9. The number of hydrogen-bond acceptors (Lipinski definition) is 8. The average Bonchev–Trinajstić information content (AvgIpc) is 3.42. The highest BCUT2D eigenvalue weighted by Gasteiger charge is 2.44. The Morgan fingerprint density at radius 3 is 1.20 bits per heavy atom. The third-order valence-corrected chi connectivity index (χ3v) is 15.3. The van der Waals surface area contributed by atoms with Crippen LogP contribution in [0.15, 0.2) is 60.8 Å². The Kier molecular flexibility index (Phi) is 53.1. The molecule has 0 spiro atoms. The molecule has 1 heterocycles. The minimum absolute atomic E-state index is 0.183. The van der Waals surface area contributed by atoms with Gasteiger partial charge in [0.05, 0.1) is 25.4 Å². The molecule has 0 radical (unpaired) electrons. The normalized spacial score (nSPS) is 19.2. The van der Waals surface area contributed by atoms with E-state index in [0.717, 1.165) is 51.4 Å². The first-order valence-corrected chi connectivity index (χ1v) is 32.5. The molecule has 0 aromatic carbocycles. The number of carbonyl (C=O) groups excluding carboxylic acids is 1. The third-order valence-electron chi connectivity index (χ3n) is 15.3. The summed E-state index contributed by atoms with van der Waals surface area (Å²) in [5.41, 5.74) is 0. The number of unbranched alkanes of at least 4 members (excludes halogenated alkanes) is 38. The number of aliphatic hydroxyl groups is 5. The largest absolute Gasteiger partial charge is 0.394 e. The molecule has 0 saturated carbocycles. The molecule has 1 rings (SSSR count). The Morgan fingerprint density at radius 1 is 0.447 bits per heavy atom. The number of aliphatic hydroxyl groups excluding tert-OH is 5. The van der Waals surface area contributed by atoms with Gasteiger partial charge in [-0.1, -0.05) is 286 Å². The Labute approximate surface area is 468 Å². The maximum Gasteiger partial charge on any atom is 0.220 e. The molecule has 7 atom stereocenters. The van der Waals surface area contributed by atoms with Crippen LogP contribution >= 0.6 is 0 Å². The van der Waals surface area contributed by atoms with Crippen LogP contribution in [0.5, 0.6) is 0 Å². The van der Waals surface area contributed by atoms with Gasteiger partial charge in [0, 0.05) is 6.42 Å². The molecule has 1 saturated heterocycles. The molecule has 7 unspecified atom stereocenters. The minimum Gasteiger partial charge on any atom is -0.394 e. The molecule has 0 aliphatic carbocycles. The van der Waals surface area contributed by atoms with Gasteiger partial charge in [0.2, 0.25) is 5.91 Å². The van der Waals surface area contributed by atoms with Crippen LogP contribution in [0.2, 0.25) is 0 Å². The van der Waals surface area contributed by atoms with Gasteiger partial charge >= 0.3 is 0 Å². The minimum atomic E-state index is -1.57. The quantitative estimate of drug-likeness (QED) is 0.0261. The fraction of sp³-hybridized carbons (Fsp3) is 0.836. The van der Waals surface area contributed by atoms with E-state index in [9.17, 15) is 30.3 Å². The van der Waals surface area contributed by atoms with Gasteiger partial charge in [-0.15, -0.1) is 0 Å². The zero-order valence-corrected chi connectivity index (χ0v) is 49.5. The van der Waals surface area contributed by atoms with E-state index in [1.54, 1.807) is 6.08 Å². The van der Waals surface area contributed by atoms with Crippen LogP contribution < -0.4 is 5.32 Å². The Hall–Kier alpha value is -2.11. The summed E-state index contributed by atoms with van der Waals surface area (Å²) in [4.78, 5) is 13.1. The van der Waals surface area contributed by atoms with Gasteiger partial charge in [-0.2, -0.15) is 0 Å². The fourth-order valence-electron chi connectivity index (χ4n) is 10.2. The van der Waals surface area contributed by atoms with Crippen molar-refractivity contribution in [2.75, 3.05) is 13.2 Å². The van der Waals surface area contributed by atoms with Crippen molar-refractivity contribution in [3.05, 3.63) is 60.8 Å². The van der Waals surface area contributed by atoms with Gasteiger partial charge in [-0.05, 0) is 70.6 Å². The van der Waals surface area contributed by atoms with Crippen LogP contribution in [0, 0.1) is 0 Å². The summed E-state index contributed by atoms with van der Waals surface area (Å²) in [6, 6.07) is -0.822. The van der Waals surface area contributed by atoms with Gasteiger partial charge in [0.15, 0.2) is 6.29 Å². The molecular formula is C67H123NO8. The van der Waals surface area contributed by atoms with Crippen LogP contribution in [0.1, 0.15) is 303 Å². The lowest BCUT2D eigenvalue weighted by atomic mass is 9.99. The maximum atomic E-state index is 13.1. The van der Waals surface area contributed by atoms with Gasteiger partial charge in [0.1, 0.15) is 24.4 Å². The Balaban J connectivity index is 2.09. The van der Waals surface area contributed by atoms with Crippen LogP contribution in [-0.4, -0.2) is 87.5 Å². The first-order valence-electron chi connectivity index (χ1n) is 32.5. The second-order valence-electron chi connectivity index (χ2n) is 22.5. The second-order valence-corrected chi connectivity index (χ2v) is 22.5. The highest BCUT2D eigenvalue weighted by molar-refractivity contribution is 5.76. The third kappa shape index (κ3) is 44.7. The molecule has 1 aliphatic rings. The Morgan fingerprint density at radius 2 is 0.789 bits per heavy atom. The van der Waals surface area contributed by atoms with Crippen molar-refractivity contribution >= 4 is 5.91 Å². The molecule has 9 nitrogen and oxygen atoms in total. The van der Waals surface area contributed by atoms with Gasteiger partial charge < -0.3 is 40.3 Å². The molecule has 0 bridgehead atoms. The number of amides is 1. The molecule has 1 amide bonds. The van der Waals surface area contributed by atoms with Crippen molar-refractivity contribution in [1.82, 2.24) is 5.32 Å².